The van der Waals surface area contributed by atoms with Crippen LogP contribution in [-0.2, 0) is 23.1 Å². The van der Waals surface area contributed by atoms with Crippen molar-refractivity contribution in [3.8, 4) is 11.3 Å². The fourth-order valence-corrected chi connectivity index (χ4v) is 3.66. The summed E-state index contributed by atoms with van der Waals surface area (Å²) >= 11 is 6.10. The molecule has 0 bridgehead atoms. The number of ether oxygens (including phenoxy) is 1. The van der Waals surface area contributed by atoms with Gasteiger partial charge in [-0.3, -0.25) is 9.48 Å². The summed E-state index contributed by atoms with van der Waals surface area (Å²) in [4.78, 5) is 29.9. The molecule has 32 heavy (non-hydrogen) atoms. The molecule has 8 heteroatoms. The number of fused-ring (bicyclic) bond motifs is 1. The van der Waals surface area contributed by atoms with Crippen molar-refractivity contribution in [1.29, 1.82) is 0 Å². The first-order valence-corrected chi connectivity index (χ1v) is 10.4. The molecule has 0 saturated heterocycles. The van der Waals surface area contributed by atoms with Crippen LogP contribution < -0.4 is 5.32 Å². The third-order valence-corrected chi connectivity index (χ3v) is 5.40. The predicted molar refractivity (Wildman–Crippen MR) is 122 cm³/mol. The zero-order chi connectivity index (χ0) is 22.7. The van der Waals surface area contributed by atoms with Gasteiger partial charge in [0.15, 0.2) is 12.3 Å². The summed E-state index contributed by atoms with van der Waals surface area (Å²) in [5.74, 6) is -1.03. The Morgan fingerprint density at radius 2 is 1.81 bits per heavy atom. The molecule has 0 saturated carbocycles. The van der Waals surface area contributed by atoms with Gasteiger partial charge in [0.1, 0.15) is 0 Å². The number of carbonyl (C=O) groups excluding carboxylic acids is 2. The van der Waals surface area contributed by atoms with E-state index in [0.717, 1.165) is 11.1 Å². The first kappa shape index (κ1) is 21.5. The Balaban J connectivity index is 1.54. The fourth-order valence-electron chi connectivity index (χ4n) is 3.46. The number of halogens is 1. The van der Waals surface area contributed by atoms with Gasteiger partial charge < -0.3 is 10.1 Å². The molecule has 0 aliphatic rings. The highest BCUT2D eigenvalue weighted by Gasteiger charge is 2.21. The summed E-state index contributed by atoms with van der Waals surface area (Å²) in [5, 5.41) is 8.26. The smallest absolute Gasteiger partial charge is 0.339 e. The molecule has 4 rings (SSSR count). The van der Waals surface area contributed by atoms with E-state index in [0.29, 0.717) is 33.0 Å². The normalized spacial score (nSPS) is 10.8. The van der Waals surface area contributed by atoms with Gasteiger partial charge in [-0.1, -0.05) is 60.1 Å². The summed E-state index contributed by atoms with van der Waals surface area (Å²) in [6.45, 7) is 1.64. The van der Waals surface area contributed by atoms with Crippen molar-refractivity contribution in [2.45, 2.75) is 13.5 Å². The van der Waals surface area contributed by atoms with Crippen molar-refractivity contribution in [2.75, 3.05) is 6.61 Å². The van der Waals surface area contributed by atoms with Gasteiger partial charge in [0, 0.05) is 24.2 Å². The monoisotopic (exact) mass is 448 g/mol. The number of esters is 1. The zero-order valence-electron chi connectivity index (χ0n) is 17.6. The lowest BCUT2D eigenvalue weighted by molar-refractivity contribution is -0.124. The molecule has 0 radical (unpaired) electrons. The average Bonchev–Trinajstić information content (AvgIpc) is 3.10. The molecule has 2 aromatic carbocycles. The van der Waals surface area contributed by atoms with E-state index in [1.165, 1.54) is 0 Å². The van der Waals surface area contributed by atoms with Crippen LogP contribution in [0, 0.1) is 6.92 Å². The van der Waals surface area contributed by atoms with Gasteiger partial charge in [0.05, 0.1) is 22.3 Å². The number of carbonyl (C=O) groups is 2. The lowest BCUT2D eigenvalue weighted by atomic mass is 10.1. The van der Waals surface area contributed by atoms with E-state index in [1.54, 1.807) is 30.8 Å². The largest absolute Gasteiger partial charge is 0.452 e. The van der Waals surface area contributed by atoms with Crippen molar-refractivity contribution in [1.82, 2.24) is 20.1 Å². The summed E-state index contributed by atoms with van der Waals surface area (Å²) in [5.41, 5.74) is 3.81. The van der Waals surface area contributed by atoms with Crippen LogP contribution in [0.15, 0.2) is 60.7 Å². The minimum Gasteiger partial charge on any atom is -0.452 e. The Hall–Kier alpha value is -3.71. The van der Waals surface area contributed by atoms with Crippen molar-refractivity contribution in [3.05, 3.63) is 82.5 Å². The Bertz CT molecular complexity index is 1300. The molecule has 0 aliphatic carbocycles. The maximum atomic E-state index is 12.9. The maximum absolute atomic E-state index is 12.9. The van der Waals surface area contributed by atoms with Crippen LogP contribution in [0.25, 0.3) is 22.3 Å². The quantitative estimate of drug-likeness (QED) is 0.449. The predicted octanol–water partition coefficient (Wildman–Crippen LogP) is 4.07. The van der Waals surface area contributed by atoms with Gasteiger partial charge in [0.25, 0.3) is 5.91 Å². The highest BCUT2D eigenvalue weighted by Crippen LogP contribution is 2.27. The van der Waals surface area contributed by atoms with Gasteiger partial charge in [-0.25, -0.2) is 9.78 Å². The van der Waals surface area contributed by atoms with E-state index in [-0.39, 0.29) is 6.54 Å². The number of hydrogen-bond acceptors (Lipinski definition) is 5. The first-order valence-electron chi connectivity index (χ1n) is 10.0. The summed E-state index contributed by atoms with van der Waals surface area (Å²) < 4.78 is 6.95. The van der Waals surface area contributed by atoms with Crippen LogP contribution in [0.3, 0.4) is 0 Å². The topological polar surface area (TPSA) is 86.1 Å². The molecule has 0 unspecified atom stereocenters. The number of aromatic nitrogens is 3. The summed E-state index contributed by atoms with van der Waals surface area (Å²) in [6.07, 6.45) is 0. The van der Waals surface area contributed by atoms with Crippen molar-refractivity contribution < 1.29 is 14.3 Å². The molecule has 0 spiro atoms. The summed E-state index contributed by atoms with van der Waals surface area (Å²) in [7, 11) is 1.77. The highest BCUT2D eigenvalue weighted by atomic mass is 35.5. The van der Waals surface area contributed by atoms with Crippen LogP contribution >= 0.6 is 11.6 Å². The molecular formula is C24H21ClN4O3. The van der Waals surface area contributed by atoms with Gasteiger partial charge in [-0.2, -0.15) is 5.10 Å². The minimum absolute atomic E-state index is 0.245. The van der Waals surface area contributed by atoms with Gasteiger partial charge >= 0.3 is 5.97 Å². The van der Waals surface area contributed by atoms with Crippen LogP contribution in [0.4, 0.5) is 0 Å². The van der Waals surface area contributed by atoms with Crippen LogP contribution in [0.1, 0.15) is 21.6 Å². The van der Waals surface area contributed by atoms with Crippen molar-refractivity contribution >= 4 is 34.5 Å². The standard InChI is InChI=1S/C24H21ClN4O3/c1-15-22-18(12-20(16-8-4-3-5-9-16)27-23(22)29(2)28-15)24(31)32-14-21(30)26-13-17-10-6-7-11-19(17)25/h3-12H,13-14H2,1-2H3,(H,26,30). The second-order valence-electron chi connectivity index (χ2n) is 7.27. The maximum Gasteiger partial charge on any atom is 0.339 e. The third kappa shape index (κ3) is 4.48. The number of benzene rings is 2. The van der Waals surface area contributed by atoms with E-state index >= 15 is 0 Å². The zero-order valence-corrected chi connectivity index (χ0v) is 18.4. The minimum atomic E-state index is -0.612. The Morgan fingerprint density at radius 1 is 1.09 bits per heavy atom. The van der Waals surface area contributed by atoms with Gasteiger partial charge in [0.2, 0.25) is 0 Å². The molecule has 7 nitrogen and oxygen atoms in total. The SMILES string of the molecule is Cc1nn(C)c2nc(-c3ccccc3)cc(C(=O)OCC(=O)NCc3ccccc3Cl)c12. The lowest BCUT2D eigenvalue weighted by Gasteiger charge is -2.10. The van der Waals surface area contributed by atoms with Gasteiger partial charge in [-0.05, 0) is 24.6 Å². The third-order valence-electron chi connectivity index (χ3n) is 5.03. The molecule has 2 heterocycles. The number of aryl methyl sites for hydroxylation is 2. The summed E-state index contributed by atoms with van der Waals surface area (Å²) in [6, 6.07) is 18.4. The fraction of sp³-hybridized carbons (Fsp3) is 0.167. The van der Waals surface area contributed by atoms with E-state index in [9.17, 15) is 9.59 Å². The van der Waals surface area contributed by atoms with Crippen LogP contribution in [-0.4, -0.2) is 33.2 Å². The Kier molecular flexibility index (Phi) is 6.18. The van der Waals surface area contributed by atoms with Gasteiger partial charge in [-0.15, -0.1) is 0 Å². The second-order valence-corrected chi connectivity index (χ2v) is 7.68. The molecule has 0 atom stereocenters. The van der Waals surface area contributed by atoms with Crippen molar-refractivity contribution in [2.24, 2.45) is 7.05 Å². The number of nitrogens with one attached hydrogen (secondary N) is 1. The van der Waals surface area contributed by atoms with Crippen molar-refractivity contribution in [3.63, 3.8) is 0 Å². The molecule has 162 valence electrons. The molecule has 0 aliphatic heterocycles. The average molecular weight is 449 g/mol. The Morgan fingerprint density at radius 3 is 2.56 bits per heavy atom. The lowest BCUT2D eigenvalue weighted by Crippen LogP contribution is -2.28. The Labute approximate surface area is 190 Å². The second kappa shape index (κ2) is 9.20. The van der Waals surface area contributed by atoms with Crippen LogP contribution in [0.5, 0.6) is 0 Å². The highest BCUT2D eigenvalue weighted by molar-refractivity contribution is 6.31. The molecular weight excluding hydrogens is 428 g/mol. The van der Waals surface area contributed by atoms with E-state index in [4.69, 9.17) is 16.3 Å². The molecule has 4 aromatic rings. The molecule has 2 aromatic heterocycles. The molecule has 1 amide bonds. The van der Waals surface area contributed by atoms with E-state index < -0.39 is 18.5 Å². The van der Waals surface area contributed by atoms with E-state index in [1.807, 2.05) is 48.5 Å². The van der Waals surface area contributed by atoms with Crippen LogP contribution in [0.2, 0.25) is 5.02 Å². The van der Waals surface area contributed by atoms with E-state index in [2.05, 4.69) is 15.4 Å². The number of pyridine rings is 1. The molecule has 1 N–H and O–H groups in total. The molecule has 0 fully saturated rings. The number of hydrogen-bond donors (Lipinski definition) is 1. The number of amides is 1. The first-order chi connectivity index (χ1) is 15.4. The number of nitrogens with zero attached hydrogens (tertiary/aromatic N) is 3. The number of rotatable bonds is 6.